The van der Waals surface area contributed by atoms with Crippen molar-refractivity contribution >= 4 is 11.9 Å². The zero-order valence-corrected chi connectivity index (χ0v) is 11.8. The van der Waals surface area contributed by atoms with Crippen molar-refractivity contribution in [3.63, 3.8) is 0 Å². The van der Waals surface area contributed by atoms with E-state index >= 15 is 0 Å². The average molecular weight is 278 g/mol. The fourth-order valence-corrected chi connectivity index (χ4v) is 1.50. The number of nitrogens with zero attached hydrogens (tertiary/aromatic N) is 4. The van der Waals surface area contributed by atoms with Crippen molar-refractivity contribution in [2.45, 2.75) is 27.3 Å². The van der Waals surface area contributed by atoms with Crippen LogP contribution in [0.5, 0.6) is 6.01 Å². The zero-order valence-electron chi connectivity index (χ0n) is 11.8. The Morgan fingerprint density at radius 2 is 1.90 bits per heavy atom. The molecule has 0 aromatic carbocycles. The highest BCUT2D eigenvalue weighted by molar-refractivity contribution is 5.35. The van der Waals surface area contributed by atoms with Gasteiger partial charge in [-0.25, -0.2) is 4.98 Å². The summed E-state index contributed by atoms with van der Waals surface area (Å²) >= 11 is 0. The minimum atomic E-state index is 0.282. The van der Waals surface area contributed by atoms with E-state index in [1.165, 1.54) is 0 Å². The van der Waals surface area contributed by atoms with Crippen LogP contribution in [0.2, 0.25) is 0 Å². The van der Waals surface area contributed by atoms with E-state index in [0.717, 1.165) is 5.76 Å². The molecule has 0 atom stereocenters. The molecule has 0 saturated heterocycles. The molecule has 0 radical (unpaired) electrons. The van der Waals surface area contributed by atoms with Gasteiger partial charge in [-0.3, -0.25) is 0 Å². The molecule has 0 spiro atoms. The Bertz CT molecular complexity index is 532. The van der Waals surface area contributed by atoms with E-state index in [0.29, 0.717) is 37.5 Å². The van der Waals surface area contributed by atoms with Crippen molar-refractivity contribution in [3.8, 4) is 6.01 Å². The Balaban J connectivity index is 2.08. The van der Waals surface area contributed by atoms with Gasteiger partial charge in [-0.15, -0.1) is 0 Å². The summed E-state index contributed by atoms with van der Waals surface area (Å²) in [5, 5.41) is 6.06. The zero-order chi connectivity index (χ0) is 14.4. The second kappa shape index (κ2) is 6.69. The third-order valence-electron chi connectivity index (χ3n) is 2.29. The SMILES string of the molecule is CCNc1nc(NCc2ncc(C)o2)nc(OCC)n1. The standard InChI is InChI=1S/C12H18N6O2/c1-4-13-10-16-11(18-12(17-10)19-5-2)15-7-9-14-6-8(3)20-9/h6H,4-5,7H2,1-3H3,(H2,13,15,16,17,18). The number of rotatable bonds is 7. The highest BCUT2D eigenvalue weighted by Crippen LogP contribution is 2.12. The van der Waals surface area contributed by atoms with E-state index in [-0.39, 0.29) is 6.01 Å². The van der Waals surface area contributed by atoms with Gasteiger partial charge in [0.25, 0.3) is 0 Å². The molecule has 8 nitrogen and oxygen atoms in total. The van der Waals surface area contributed by atoms with Gasteiger partial charge < -0.3 is 19.8 Å². The summed E-state index contributed by atoms with van der Waals surface area (Å²) in [6, 6.07) is 0.282. The minimum Gasteiger partial charge on any atom is -0.464 e. The number of ether oxygens (including phenoxy) is 1. The summed E-state index contributed by atoms with van der Waals surface area (Å²) < 4.78 is 10.7. The van der Waals surface area contributed by atoms with Gasteiger partial charge in [0.05, 0.1) is 19.3 Å². The number of hydrogen-bond acceptors (Lipinski definition) is 8. The Morgan fingerprint density at radius 3 is 2.50 bits per heavy atom. The fraction of sp³-hybridized carbons (Fsp3) is 0.500. The summed E-state index contributed by atoms with van der Waals surface area (Å²) in [7, 11) is 0. The van der Waals surface area contributed by atoms with Crippen molar-refractivity contribution in [1.82, 2.24) is 19.9 Å². The summed E-state index contributed by atoms with van der Waals surface area (Å²) in [4.78, 5) is 16.6. The van der Waals surface area contributed by atoms with Crippen LogP contribution in [0.15, 0.2) is 10.6 Å². The maximum absolute atomic E-state index is 5.37. The van der Waals surface area contributed by atoms with Crippen LogP contribution < -0.4 is 15.4 Å². The van der Waals surface area contributed by atoms with Gasteiger partial charge in [0.15, 0.2) is 0 Å². The normalized spacial score (nSPS) is 10.3. The van der Waals surface area contributed by atoms with Crippen LogP contribution in [0, 0.1) is 6.92 Å². The average Bonchev–Trinajstić information content (AvgIpc) is 2.83. The van der Waals surface area contributed by atoms with Crippen LogP contribution in [0.25, 0.3) is 0 Å². The Kier molecular flexibility index (Phi) is 4.70. The van der Waals surface area contributed by atoms with Gasteiger partial charge in [0.2, 0.25) is 17.8 Å². The van der Waals surface area contributed by atoms with Crippen LogP contribution in [-0.2, 0) is 6.54 Å². The molecule has 0 aliphatic heterocycles. The molecule has 108 valence electrons. The van der Waals surface area contributed by atoms with Gasteiger partial charge in [-0.2, -0.15) is 15.0 Å². The van der Waals surface area contributed by atoms with E-state index in [9.17, 15) is 0 Å². The Morgan fingerprint density at radius 1 is 1.15 bits per heavy atom. The molecule has 0 saturated carbocycles. The smallest absolute Gasteiger partial charge is 0.323 e. The van der Waals surface area contributed by atoms with Gasteiger partial charge in [-0.1, -0.05) is 0 Å². The molecule has 2 aromatic heterocycles. The van der Waals surface area contributed by atoms with E-state index in [1.807, 2.05) is 20.8 Å². The molecule has 2 N–H and O–H groups in total. The number of anilines is 2. The molecular weight excluding hydrogens is 260 g/mol. The first-order valence-corrected chi connectivity index (χ1v) is 6.49. The first-order valence-electron chi connectivity index (χ1n) is 6.49. The van der Waals surface area contributed by atoms with Gasteiger partial charge >= 0.3 is 6.01 Å². The monoisotopic (exact) mass is 278 g/mol. The van der Waals surface area contributed by atoms with Gasteiger partial charge in [0, 0.05) is 6.54 Å². The molecule has 0 amide bonds. The van der Waals surface area contributed by atoms with Crippen LogP contribution >= 0.6 is 0 Å². The van der Waals surface area contributed by atoms with Crippen molar-refractivity contribution < 1.29 is 9.15 Å². The van der Waals surface area contributed by atoms with Crippen LogP contribution in [0.4, 0.5) is 11.9 Å². The van der Waals surface area contributed by atoms with E-state index in [2.05, 4.69) is 30.6 Å². The number of hydrogen-bond donors (Lipinski definition) is 2. The van der Waals surface area contributed by atoms with Crippen LogP contribution in [-0.4, -0.2) is 33.1 Å². The first kappa shape index (κ1) is 14.0. The fourth-order valence-electron chi connectivity index (χ4n) is 1.50. The molecule has 0 unspecified atom stereocenters. The lowest BCUT2D eigenvalue weighted by Crippen LogP contribution is -2.10. The third-order valence-corrected chi connectivity index (χ3v) is 2.29. The largest absolute Gasteiger partial charge is 0.464 e. The second-order valence-corrected chi connectivity index (χ2v) is 3.95. The third kappa shape index (κ3) is 3.81. The maximum Gasteiger partial charge on any atom is 0.323 e. The Hall–Kier alpha value is -2.38. The predicted molar refractivity (Wildman–Crippen MR) is 73.7 cm³/mol. The van der Waals surface area contributed by atoms with Gasteiger partial charge in [0.1, 0.15) is 5.76 Å². The molecule has 2 aromatic rings. The number of nitrogens with one attached hydrogen (secondary N) is 2. The van der Waals surface area contributed by atoms with E-state index in [1.54, 1.807) is 6.20 Å². The van der Waals surface area contributed by atoms with E-state index in [4.69, 9.17) is 9.15 Å². The van der Waals surface area contributed by atoms with Crippen LogP contribution in [0.1, 0.15) is 25.5 Å². The first-order chi connectivity index (χ1) is 9.71. The lowest BCUT2D eigenvalue weighted by molar-refractivity contribution is 0.312. The molecule has 8 heteroatoms. The topological polar surface area (TPSA) is 98.0 Å². The second-order valence-electron chi connectivity index (χ2n) is 3.95. The van der Waals surface area contributed by atoms with Crippen molar-refractivity contribution in [2.24, 2.45) is 0 Å². The molecule has 0 fully saturated rings. The van der Waals surface area contributed by atoms with E-state index < -0.39 is 0 Å². The number of oxazole rings is 1. The van der Waals surface area contributed by atoms with Crippen LogP contribution in [0.3, 0.4) is 0 Å². The lowest BCUT2D eigenvalue weighted by Gasteiger charge is -2.08. The van der Waals surface area contributed by atoms with Crippen molar-refractivity contribution in [3.05, 3.63) is 17.8 Å². The summed E-state index contributed by atoms with van der Waals surface area (Å²) in [5.41, 5.74) is 0. The molecular formula is C12H18N6O2. The van der Waals surface area contributed by atoms with Crippen molar-refractivity contribution in [2.75, 3.05) is 23.8 Å². The number of aryl methyl sites for hydroxylation is 1. The molecule has 0 aliphatic carbocycles. The number of aromatic nitrogens is 4. The predicted octanol–water partition coefficient (Wildman–Crippen LogP) is 1.61. The summed E-state index contributed by atoms with van der Waals surface area (Å²) in [6.07, 6.45) is 1.67. The quantitative estimate of drug-likeness (QED) is 0.788. The molecule has 2 heterocycles. The lowest BCUT2D eigenvalue weighted by atomic mass is 10.6. The Labute approximate surface area is 117 Å². The maximum atomic E-state index is 5.37. The highest BCUT2D eigenvalue weighted by atomic mass is 16.5. The molecule has 0 aliphatic rings. The summed E-state index contributed by atoms with van der Waals surface area (Å²) in [5.74, 6) is 2.22. The molecule has 20 heavy (non-hydrogen) atoms. The molecule has 0 bridgehead atoms. The van der Waals surface area contributed by atoms with Crippen molar-refractivity contribution in [1.29, 1.82) is 0 Å². The highest BCUT2D eigenvalue weighted by Gasteiger charge is 2.08. The minimum absolute atomic E-state index is 0.282. The molecule has 2 rings (SSSR count). The summed E-state index contributed by atoms with van der Waals surface area (Å²) in [6.45, 7) is 7.29. The van der Waals surface area contributed by atoms with Gasteiger partial charge in [-0.05, 0) is 20.8 Å².